The average molecular weight is 300 g/mol. The molecule has 1 unspecified atom stereocenters. The van der Waals surface area contributed by atoms with E-state index < -0.39 is 5.82 Å². The van der Waals surface area contributed by atoms with Gasteiger partial charge in [-0.05, 0) is 25.1 Å². The molecule has 1 atom stereocenters. The maximum absolute atomic E-state index is 13.7. The molecular weight excluding hydrogens is 283 g/mol. The molecule has 1 aromatic carbocycles. The standard InChI is InChI=1S/C13H17FN2O3S/c1-8(6-18-2)16-12(17)7-19-11-4-3-9(13(15)20)5-10(11)14/h3-5,8H,6-7H2,1-2H3,(H2,15,20)(H,16,17). The lowest BCUT2D eigenvalue weighted by Crippen LogP contribution is -2.38. The number of ether oxygens (including phenoxy) is 2. The van der Waals surface area contributed by atoms with Crippen LogP contribution in [-0.2, 0) is 9.53 Å². The van der Waals surface area contributed by atoms with Crippen molar-refractivity contribution in [3.8, 4) is 5.75 Å². The fourth-order valence-corrected chi connectivity index (χ4v) is 1.65. The molecular formula is C13H17FN2O3S. The first kappa shape index (κ1) is 16.3. The van der Waals surface area contributed by atoms with Gasteiger partial charge in [-0.1, -0.05) is 12.2 Å². The molecule has 0 aliphatic carbocycles. The van der Waals surface area contributed by atoms with E-state index in [1.54, 1.807) is 6.92 Å². The number of hydrogen-bond donors (Lipinski definition) is 2. The van der Waals surface area contributed by atoms with Crippen LogP contribution in [-0.4, -0.2) is 37.3 Å². The Balaban J connectivity index is 2.53. The first-order valence-electron chi connectivity index (χ1n) is 5.94. The van der Waals surface area contributed by atoms with Crippen LogP contribution in [0.1, 0.15) is 12.5 Å². The van der Waals surface area contributed by atoms with E-state index in [4.69, 9.17) is 27.4 Å². The maximum atomic E-state index is 13.7. The van der Waals surface area contributed by atoms with E-state index in [1.165, 1.54) is 25.3 Å². The summed E-state index contributed by atoms with van der Waals surface area (Å²) in [6, 6.07) is 3.95. The number of thiocarbonyl (C=S) groups is 1. The Labute approximate surface area is 122 Å². The zero-order chi connectivity index (χ0) is 15.1. The van der Waals surface area contributed by atoms with Crippen LogP contribution in [0.2, 0.25) is 0 Å². The Hall–Kier alpha value is -1.73. The molecule has 0 saturated carbocycles. The number of rotatable bonds is 7. The van der Waals surface area contributed by atoms with Crippen molar-refractivity contribution in [2.24, 2.45) is 5.73 Å². The summed E-state index contributed by atoms with van der Waals surface area (Å²) < 4.78 is 23.6. The van der Waals surface area contributed by atoms with Gasteiger partial charge in [0.15, 0.2) is 18.2 Å². The van der Waals surface area contributed by atoms with Crippen molar-refractivity contribution in [3.63, 3.8) is 0 Å². The van der Waals surface area contributed by atoms with E-state index in [1.807, 2.05) is 0 Å². The van der Waals surface area contributed by atoms with Gasteiger partial charge >= 0.3 is 0 Å². The fourth-order valence-electron chi connectivity index (χ4n) is 1.52. The van der Waals surface area contributed by atoms with Crippen LogP contribution in [0.4, 0.5) is 4.39 Å². The lowest BCUT2D eigenvalue weighted by molar-refractivity contribution is -0.124. The number of amides is 1. The van der Waals surface area contributed by atoms with Crippen LogP contribution in [0, 0.1) is 5.82 Å². The van der Waals surface area contributed by atoms with E-state index in [0.29, 0.717) is 12.2 Å². The van der Waals surface area contributed by atoms with Gasteiger partial charge in [-0.25, -0.2) is 4.39 Å². The Morgan fingerprint density at radius 1 is 1.55 bits per heavy atom. The predicted octanol–water partition coefficient (Wildman–Crippen LogP) is 0.990. The summed E-state index contributed by atoms with van der Waals surface area (Å²) in [4.78, 5) is 11.6. The van der Waals surface area contributed by atoms with Gasteiger partial charge in [0.1, 0.15) is 4.99 Å². The Kier molecular flexibility index (Phi) is 6.33. The number of carbonyl (C=O) groups excluding carboxylic acids is 1. The Morgan fingerprint density at radius 3 is 2.80 bits per heavy atom. The van der Waals surface area contributed by atoms with E-state index in [0.717, 1.165) is 0 Å². The highest BCUT2D eigenvalue weighted by Crippen LogP contribution is 2.18. The molecule has 1 amide bonds. The molecule has 20 heavy (non-hydrogen) atoms. The zero-order valence-electron chi connectivity index (χ0n) is 11.3. The molecule has 1 aromatic rings. The van der Waals surface area contributed by atoms with Gasteiger partial charge in [-0.15, -0.1) is 0 Å². The van der Waals surface area contributed by atoms with Crippen molar-refractivity contribution < 1.29 is 18.7 Å². The van der Waals surface area contributed by atoms with Crippen LogP contribution >= 0.6 is 12.2 Å². The van der Waals surface area contributed by atoms with Gasteiger partial charge in [0, 0.05) is 18.7 Å². The molecule has 0 aliphatic heterocycles. The summed E-state index contributed by atoms with van der Waals surface area (Å²) >= 11 is 4.74. The molecule has 0 spiro atoms. The van der Waals surface area contributed by atoms with Gasteiger partial charge in [-0.2, -0.15) is 0 Å². The summed E-state index contributed by atoms with van der Waals surface area (Å²) in [5, 5.41) is 2.65. The van der Waals surface area contributed by atoms with Crippen molar-refractivity contribution in [1.29, 1.82) is 0 Å². The predicted molar refractivity (Wildman–Crippen MR) is 77.3 cm³/mol. The van der Waals surface area contributed by atoms with E-state index in [2.05, 4.69) is 5.32 Å². The molecule has 1 rings (SSSR count). The van der Waals surface area contributed by atoms with Crippen LogP contribution in [0.15, 0.2) is 18.2 Å². The molecule has 3 N–H and O–H groups in total. The minimum atomic E-state index is -0.618. The number of hydrogen-bond acceptors (Lipinski definition) is 4. The molecule has 0 aromatic heterocycles. The SMILES string of the molecule is COCC(C)NC(=O)COc1ccc(C(N)=S)cc1F. The summed E-state index contributed by atoms with van der Waals surface area (Å²) in [5.74, 6) is -1.00. The summed E-state index contributed by atoms with van der Waals surface area (Å²) in [6.07, 6.45) is 0. The molecule has 0 bridgehead atoms. The van der Waals surface area contributed by atoms with Crippen molar-refractivity contribution in [3.05, 3.63) is 29.6 Å². The third-order valence-electron chi connectivity index (χ3n) is 2.40. The minimum absolute atomic E-state index is 0.0282. The molecule has 7 heteroatoms. The second kappa shape index (κ2) is 7.76. The second-order valence-corrected chi connectivity index (χ2v) is 4.66. The topological polar surface area (TPSA) is 73.6 Å². The van der Waals surface area contributed by atoms with Crippen molar-refractivity contribution in [2.75, 3.05) is 20.3 Å². The van der Waals surface area contributed by atoms with Gasteiger partial charge < -0.3 is 20.5 Å². The molecule has 0 radical (unpaired) electrons. The largest absolute Gasteiger partial charge is 0.481 e. The first-order valence-corrected chi connectivity index (χ1v) is 6.35. The molecule has 0 fully saturated rings. The van der Waals surface area contributed by atoms with E-state index >= 15 is 0 Å². The second-order valence-electron chi connectivity index (χ2n) is 4.22. The van der Waals surface area contributed by atoms with Crippen molar-refractivity contribution in [1.82, 2.24) is 5.32 Å². The number of benzene rings is 1. The summed E-state index contributed by atoms with van der Waals surface area (Å²) in [5.41, 5.74) is 5.79. The van der Waals surface area contributed by atoms with Gasteiger partial charge in [0.25, 0.3) is 5.91 Å². The highest BCUT2D eigenvalue weighted by molar-refractivity contribution is 7.80. The number of carbonyl (C=O) groups is 1. The van der Waals surface area contributed by atoms with Gasteiger partial charge in [0.2, 0.25) is 0 Å². The monoisotopic (exact) mass is 300 g/mol. The maximum Gasteiger partial charge on any atom is 0.258 e. The van der Waals surface area contributed by atoms with Crippen molar-refractivity contribution in [2.45, 2.75) is 13.0 Å². The summed E-state index contributed by atoms with van der Waals surface area (Å²) in [6.45, 7) is 1.90. The highest BCUT2D eigenvalue weighted by atomic mass is 32.1. The third-order valence-corrected chi connectivity index (χ3v) is 2.63. The molecule has 0 heterocycles. The molecule has 0 aliphatic rings. The van der Waals surface area contributed by atoms with E-state index in [9.17, 15) is 9.18 Å². The van der Waals surface area contributed by atoms with Crippen LogP contribution in [0.5, 0.6) is 5.75 Å². The molecule has 0 saturated heterocycles. The Bertz CT molecular complexity index is 497. The van der Waals surface area contributed by atoms with Gasteiger partial charge in [-0.3, -0.25) is 4.79 Å². The zero-order valence-corrected chi connectivity index (χ0v) is 12.1. The Morgan fingerprint density at radius 2 is 2.25 bits per heavy atom. The third kappa shape index (κ3) is 5.10. The first-order chi connectivity index (χ1) is 9.43. The van der Waals surface area contributed by atoms with E-state index in [-0.39, 0.29) is 29.3 Å². The van der Waals surface area contributed by atoms with Crippen LogP contribution < -0.4 is 15.8 Å². The van der Waals surface area contributed by atoms with Gasteiger partial charge in [0.05, 0.1) is 6.61 Å². The lowest BCUT2D eigenvalue weighted by atomic mass is 10.2. The molecule has 110 valence electrons. The van der Waals surface area contributed by atoms with Crippen molar-refractivity contribution >= 4 is 23.1 Å². The summed E-state index contributed by atoms with van der Waals surface area (Å²) in [7, 11) is 1.54. The average Bonchev–Trinajstić information content (AvgIpc) is 2.37. The number of methoxy groups -OCH3 is 1. The molecule has 5 nitrogen and oxygen atoms in total. The fraction of sp³-hybridized carbons (Fsp3) is 0.385. The minimum Gasteiger partial charge on any atom is -0.481 e. The van der Waals surface area contributed by atoms with Crippen LogP contribution in [0.25, 0.3) is 0 Å². The normalized spacial score (nSPS) is 11.8. The lowest BCUT2D eigenvalue weighted by Gasteiger charge is -2.13. The number of nitrogens with one attached hydrogen (secondary N) is 1. The number of halogens is 1. The number of nitrogens with two attached hydrogens (primary N) is 1. The quantitative estimate of drug-likeness (QED) is 0.735. The van der Waals surface area contributed by atoms with Crippen LogP contribution in [0.3, 0.4) is 0 Å². The highest BCUT2D eigenvalue weighted by Gasteiger charge is 2.10. The smallest absolute Gasteiger partial charge is 0.258 e.